The summed E-state index contributed by atoms with van der Waals surface area (Å²) in [7, 11) is 0. The van der Waals surface area contributed by atoms with Gasteiger partial charge in [-0.15, -0.1) is 0 Å². The average molecular weight is 399 g/mol. The van der Waals surface area contributed by atoms with Crippen LogP contribution in [0.25, 0.3) is 0 Å². The molecule has 0 aromatic rings. The van der Waals surface area contributed by atoms with Crippen LogP contribution in [0.15, 0.2) is 0 Å². The summed E-state index contributed by atoms with van der Waals surface area (Å²) in [5.74, 6) is 0.0115. The zero-order valence-electron chi connectivity index (χ0n) is 16.9. The molecule has 8 nitrogen and oxygen atoms in total. The van der Waals surface area contributed by atoms with E-state index in [1.807, 2.05) is 0 Å². The Bertz CT molecular complexity index is 457. The van der Waals surface area contributed by atoms with Crippen LogP contribution in [0.2, 0.25) is 0 Å². The maximum atomic E-state index is 12.0. The quantitative estimate of drug-likeness (QED) is 0.257. The van der Waals surface area contributed by atoms with Gasteiger partial charge in [-0.05, 0) is 76.0 Å². The van der Waals surface area contributed by atoms with Crippen molar-refractivity contribution in [2.45, 2.75) is 102 Å². The molecule has 28 heavy (non-hydrogen) atoms. The summed E-state index contributed by atoms with van der Waals surface area (Å²) >= 11 is 0. The van der Waals surface area contributed by atoms with E-state index in [0.29, 0.717) is 25.7 Å². The molecule has 0 aromatic carbocycles. The number of carbonyl (C=O) groups excluding carboxylic acids is 2. The second-order valence-corrected chi connectivity index (χ2v) is 8.44. The number of hydrogen-bond donors (Lipinski definition) is 4. The Kier molecular flexibility index (Phi) is 9.64. The minimum atomic E-state index is -0.354. The van der Waals surface area contributed by atoms with Gasteiger partial charge >= 0.3 is 11.9 Å². The van der Waals surface area contributed by atoms with Gasteiger partial charge in [-0.25, -0.2) is 0 Å². The van der Waals surface area contributed by atoms with Crippen molar-refractivity contribution < 1.29 is 19.1 Å². The maximum Gasteiger partial charge on any atom is 0.306 e. The van der Waals surface area contributed by atoms with Crippen molar-refractivity contribution >= 4 is 11.9 Å². The van der Waals surface area contributed by atoms with Crippen LogP contribution < -0.4 is 22.9 Å². The monoisotopic (exact) mass is 398 g/mol. The highest BCUT2D eigenvalue weighted by Crippen LogP contribution is 2.28. The summed E-state index contributed by atoms with van der Waals surface area (Å²) < 4.78 is 11.1. The van der Waals surface area contributed by atoms with E-state index >= 15 is 0 Å². The number of esters is 2. The van der Waals surface area contributed by atoms with Crippen LogP contribution in [-0.4, -0.2) is 36.5 Å². The molecule has 8 heteroatoms. The van der Waals surface area contributed by atoms with Crippen LogP contribution in [0.5, 0.6) is 0 Å². The van der Waals surface area contributed by atoms with E-state index in [9.17, 15) is 9.59 Å². The first-order valence-electron chi connectivity index (χ1n) is 10.8. The molecule has 0 spiro atoms. The van der Waals surface area contributed by atoms with Crippen LogP contribution in [0.3, 0.4) is 0 Å². The average Bonchev–Trinajstić information content (AvgIpc) is 2.65. The lowest BCUT2D eigenvalue weighted by atomic mass is 9.85. The Morgan fingerprint density at radius 1 is 0.714 bits per heavy atom. The summed E-state index contributed by atoms with van der Waals surface area (Å²) in [6, 6.07) is 0. The number of ether oxygens (including phenoxy) is 2. The van der Waals surface area contributed by atoms with Crippen molar-refractivity contribution in [1.82, 2.24) is 0 Å². The SMILES string of the molecule is NC(N)C1CCCC(OC(=O)CCCCC(=O)OC2CCCC(C(N)N)C2)C1. The molecule has 2 rings (SSSR count). The lowest BCUT2D eigenvalue weighted by molar-refractivity contribution is -0.153. The smallest absolute Gasteiger partial charge is 0.306 e. The zero-order valence-corrected chi connectivity index (χ0v) is 16.9. The van der Waals surface area contributed by atoms with Crippen LogP contribution in [0, 0.1) is 11.8 Å². The first kappa shape index (κ1) is 23.1. The number of rotatable bonds is 9. The number of unbranched alkanes of at least 4 members (excludes halogenated alkanes) is 1. The maximum absolute atomic E-state index is 12.0. The molecule has 0 saturated heterocycles. The lowest BCUT2D eigenvalue weighted by Gasteiger charge is -2.31. The fourth-order valence-corrected chi connectivity index (χ4v) is 4.30. The Hall–Kier alpha value is -1.22. The van der Waals surface area contributed by atoms with Gasteiger partial charge in [0, 0.05) is 12.8 Å². The van der Waals surface area contributed by atoms with Crippen molar-refractivity contribution in [3.05, 3.63) is 0 Å². The van der Waals surface area contributed by atoms with Gasteiger partial charge in [-0.2, -0.15) is 0 Å². The molecule has 0 bridgehead atoms. The lowest BCUT2D eigenvalue weighted by Crippen LogP contribution is -2.42. The summed E-state index contributed by atoms with van der Waals surface area (Å²) in [6.45, 7) is 0. The van der Waals surface area contributed by atoms with Gasteiger partial charge in [0.25, 0.3) is 0 Å². The zero-order chi connectivity index (χ0) is 20.5. The van der Waals surface area contributed by atoms with Crippen LogP contribution in [0.4, 0.5) is 0 Å². The van der Waals surface area contributed by atoms with Crippen LogP contribution >= 0.6 is 0 Å². The number of hydrogen-bond acceptors (Lipinski definition) is 8. The molecule has 2 aliphatic rings. The fourth-order valence-electron chi connectivity index (χ4n) is 4.30. The van der Waals surface area contributed by atoms with E-state index < -0.39 is 0 Å². The molecular weight excluding hydrogens is 360 g/mol. The molecule has 0 radical (unpaired) electrons. The summed E-state index contributed by atoms with van der Waals surface area (Å²) in [5, 5.41) is 0. The van der Waals surface area contributed by atoms with Crippen LogP contribution in [-0.2, 0) is 19.1 Å². The van der Waals surface area contributed by atoms with Gasteiger partial charge in [-0.1, -0.05) is 0 Å². The molecule has 2 saturated carbocycles. The van der Waals surface area contributed by atoms with E-state index in [2.05, 4.69) is 0 Å². The molecule has 162 valence electrons. The van der Waals surface area contributed by atoms with Gasteiger partial charge in [0.05, 0.1) is 12.3 Å². The summed E-state index contributed by atoms with van der Waals surface area (Å²) in [4.78, 5) is 24.0. The minimum Gasteiger partial charge on any atom is -0.462 e. The fraction of sp³-hybridized carbons (Fsp3) is 0.900. The van der Waals surface area contributed by atoms with Crippen molar-refractivity contribution in [2.75, 3.05) is 0 Å². The summed E-state index contributed by atoms with van der Waals surface area (Å²) in [5.41, 5.74) is 23.0. The summed E-state index contributed by atoms with van der Waals surface area (Å²) in [6.07, 6.45) is 8.15. The standard InChI is InChI=1S/C20H38N4O4/c21-19(22)13-5-3-7-15(11-13)27-17(25)9-1-2-10-18(26)28-16-8-4-6-14(12-16)20(23)24/h13-16,19-20H,1-12,21-24H2. The highest BCUT2D eigenvalue weighted by atomic mass is 16.5. The molecule has 2 fully saturated rings. The number of carbonyl (C=O) groups is 2. The minimum absolute atomic E-state index is 0.0843. The normalized spacial score (nSPS) is 28.4. The highest BCUT2D eigenvalue weighted by molar-refractivity contribution is 5.70. The molecule has 2 aliphatic carbocycles. The molecule has 0 amide bonds. The Labute approximate surface area is 168 Å². The molecule has 0 aromatic heterocycles. The van der Waals surface area contributed by atoms with Crippen molar-refractivity contribution in [2.24, 2.45) is 34.8 Å². The predicted octanol–water partition coefficient (Wildman–Crippen LogP) is 1.24. The molecule has 4 atom stereocenters. The first-order chi connectivity index (χ1) is 13.3. The third kappa shape index (κ3) is 8.03. The largest absolute Gasteiger partial charge is 0.462 e. The van der Waals surface area contributed by atoms with Gasteiger partial charge < -0.3 is 32.4 Å². The van der Waals surface area contributed by atoms with Gasteiger partial charge in [0.1, 0.15) is 12.2 Å². The second-order valence-electron chi connectivity index (χ2n) is 8.44. The van der Waals surface area contributed by atoms with Crippen molar-refractivity contribution in [3.8, 4) is 0 Å². The highest BCUT2D eigenvalue weighted by Gasteiger charge is 2.28. The molecule has 0 heterocycles. The molecule has 0 aliphatic heterocycles. The second kappa shape index (κ2) is 11.7. The van der Waals surface area contributed by atoms with E-state index in [0.717, 1.165) is 51.4 Å². The van der Waals surface area contributed by atoms with Crippen molar-refractivity contribution in [1.29, 1.82) is 0 Å². The third-order valence-electron chi connectivity index (χ3n) is 6.03. The third-order valence-corrected chi connectivity index (χ3v) is 6.03. The molecule has 4 unspecified atom stereocenters. The van der Waals surface area contributed by atoms with E-state index in [1.54, 1.807) is 0 Å². The van der Waals surface area contributed by atoms with Gasteiger partial charge in [-0.3, -0.25) is 9.59 Å². The van der Waals surface area contributed by atoms with E-state index in [-0.39, 0.29) is 48.3 Å². The van der Waals surface area contributed by atoms with E-state index in [1.165, 1.54) is 0 Å². The van der Waals surface area contributed by atoms with Crippen molar-refractivity contribution in [3.63, 3.8) is 0 Å². The first-order valence-corrected chi connectivity index (χ1v) is 10.8. The van der Waals surface area contributed by atoms with E-state index in [4.69, 9.17) is 32.4 Å². The Morgan fingerprint density at radius 3 is 1.46 bits per heavy atom. The van der Waals surface area contributed by atoms with Crippen LogP contribution in [0.1, 0.15) is 77.0 Å². The predicted molar refractivity (Wildman–Crippen MR) is 106 cm³/mol. The molecule has 8 N–H and O–H groups in total. The number of nitrogens with two attached hydrogens (primary N) is 4. The molecular formula is C20H38N4O4. The Balaban J connectivity index is 1.56. The topological polar surface area (TPSA) is 157 Å². The van der Waals surface area contributed by atoms with Gasteiger partial charge in [0.15, 0.2) is 0 Å². The Morgan fingerprint density at radius 2 is 1.11 bits per heavy atom. The van der Waals surface area contributed by atoms with Gasteiger partial charge in [0.2, 0.25) is 0 Å².